The zero-order valence-electron chi connectivity index (χ0n) is 18.5. The van der Waals surface area contributed by atoms with Crippen LogP contribution in [0.5, 0.6) is 0 Å². The van der Waals surface area contributed by atoms with Gasteiger partial charge in [-0.3, -0.25) is 9.59 Å². The Bertz CT molecular complexity index is 1190. The van der Waals surface area contributed by atoms with Crippen molar-refractivity contribution >= 4 is 27.5 Å². The number of nitrogens with zero attached hydrogens (tertiary/aromatic N) is 2. The normalized spacial score (nSPS) is 25.5. The summed E-state index contributed by atoms with van der Waals surface area (Å²) in [5, 5.41) is 3.28. The predicted molar refractivity (Wildman–Crippen MR) is 124 cm³/mol. The monoisotopic (exact) mass is 468 g/mol. The molecule has 1 saturated carbocycles. The summed E-state index contributed by atoms with van der Waals surface area (Å²) >= 11 is 0. The number of carbonyl (C=O) groups is 2. The van der Waals surface area contributed by atoms with Gasteiger partial charge < -0.3 is 16.0 Å². The van der Waals surface area contributed by atoms with Crippen LogP contribution in [0.3, 0.4) is 0 Å². The van der Waals surface area contributed by atoms with Gasteiger partial charge in [-0.25, -0.2) is 13.4 Å². The maximum Gasteiger partial charge on any atom is 0.250 e. The molecule has 8 nitrogen and oxygen atoms in total. The highest BCUT2D eigenvalue weighted by molar-refractivity contribution is 7.90. The second-order valence-electron chi connectivity index (χ2n) is 9.59. The minimum absolute atomic E-state index is 0.00469. The molecule has 174 valence electrons. The van der Waals surface area contributed by atoms with E-state index in [4.69, 9.17) is 5.73 Å². The van der Waals surface area contributed by atoms with E-state index in [-0.39, 0.29) is 28.9 Å². The summed E-state index contributed by atoms with van der Waals surface area (Å²) in [6.45, 7) is 0. The summed E-state index contributed by atoms with van der Waals surface area (Å²) in [6.07, 6.45) is 7.91. The van der Waals surface area contributed by atoms with E-state index in [2.05, 4.69) is 15.2 Å². The van der Waals surface area contributed by atoms with Gasteiger partial charge in [0.1, 0.15) is 5.82 Å². The lowest BCUT2D eigenvalue weighted by Gasteiger charge is -2.40. The highest BCUT2D eigenvalue weighted by Crippen LogP contribution is 2.49. The number of anilines is 1. The van der Waals surface area contributed by atoms with Crippen LogP contribution in [0.2, 0.25) is 0 Å². The molecule has 2 amide bonds. The van der Waals surface area contributed by atoms with Crippen molar-refractivity contribution in [3.8, 4) is 0 Å². The fourth-order valence-corrected chi connectivity index (χ4v) is 6.14. The zero-order valence-corrected chi connectivity index (χ0v) is 19.3. The van der Waals surface area contributed by atoms with Gasteiger partial charge >= 0.3 is 0 Å². The van der Waals surface area contributed by atoms with Crippen LogP contribution < -0.4 is 16.0 Å². The summed E-state index contributed by atoms with van der Waals surface area (Å²) < 4.78 is 23.9. The third kappa shape index (κ3) is 3.99. The number of pyridine rings is 1. The van der Waals surface area contributed by atoms with E-state index in [1.807, 2.05) is 12.1 Å². The Morgan fingerprint density at radius 1 is 1.12 bits per heavy atom. The van der Waals surface area contributed by atoms with Gasteiger partial charge in [0, 0.05) is 30.6 Å². The van der Waals surface area contributed by atoms with Crippen molar-refractivity contribution in [3.63, 3.8) is 0 Å². The minimum Gasteiger partial charge on any atom is -0.366 e. The number of sulfone groups is 1. The quantitative estimate of drug-likeness (QED) is 0.668. The molecule has 9 heteroatoms. The highest BCUT2D eigenvalue weighted by Gasteiger charge is 2.52. The molecule has 1 aromatic heterocycles. The first-order valence-electron chi connectivity index (χ1n) is 11.3. The first-order valence-corrected chi connectivity index (χ1v) is 13.2. The van der Waals surface area contributed by atoms with E-state index in [1.54, 1.807) is 24.3 Å². The number of fused-ring (bicyclic) bond motifs is 2. The smallest absolute Gasteiger partial charge is 0.250 e. The van der Waals surface area contributed by atoms with Gasteiger partial charge in [-0.05, 0) is 68.4 Å². The fourth-order valence-electron chi connectivity index (χ4n) is 5.47. The topological polar surface area (TPSA) is 122 Å². The number of hydrogen-bond acceptors (Lipinski definition) is 6. The number of hydrogen-bond donors (Lipinski definition) is 2. The summed E-state index contributed by atoms with van der Waals surface area (Å²) in [4.78, 5) is 31.7. The molecule has 3 N–H and O–H groups in total. The van der Waals surface area contributed by atoms with Crippen molar-refractivity contribution in [1.82, 2.24) is 10.3 Å². The number of rotatable bonds is 6. The molecule has 2 atom stereocenters. The standard InChI is InChI=1S/C24H28N4O4S/c1-33(31,32)20-4-2-3-16(11-20)24(9-10-24)23(30)27-17-12-18-6-7-19(13-17)28(18)21-8-5-15(14-26-21)22(25)29/h2-5,8,11,14,17-19H,6-7,9-10,12-13H2,1H3,(H2,25,29)(H,27,30). The molecular weight excluding hydrogens is 440 g/mol. The Morgan fingerprint density at radius 3 is 2.36 bits per heavy atom. The molecule has 3 heterocycles. The van der Waals surface area contributed by atoms with E-state index in [0.717, 1.165) is 49.9 Å². The molecule has 3 aliphatic rings. The first kappa shape index (κ1) is 21.9. The lowest BCUT2D eigenvalue weighted by molar-refractivity contribution is -0.124. The van der Waals surface area contributed by atoms with Crippen molar-refractivity contribution in [3.05, 3.63) is 53.7 Å². The maximum absolute atomic E-state index is 13.3. The molecule has 2 aliphatic heterocycles. The Morgan fingerprint density at radius 2 is 1.82 bits per heavy atom. The number of benzene rings is 1. The van der Waals surface area contributed by atoms with Crippen molar-refractivity contribution in [2.24, 2.45) is 5.73 Å². The van der Waals surface area contributed by atoms with Crippen molar-refractivity contribution in [2.75, 3.05) is 11.2 Å². The van der Waals surface area contributed by atoms with Gasteiger partial charge in [0.05, 0.1) is 15.9 Å². The molecule has 33 heavy (non-hydrogen) atoms. The van der Waals surface area contributed by atoms with Crippen LogP contribution in [0.4, 0.5) is 5.82 Å². The van der Waals surface area contributed by atoms with E-state index in [9.17, 15) is 18.0 Å². The first-order chi connectivity index (χ1) is 15.7. The molecule has 0 radical (unpaired) electrons. The molecule has 1 aromatic carbocycles. The second kappa shape index (κ2) is 7.83. The van der Waals surface area contributed by atoms with Crippen LogP contribution >= 0.6 is 0 Å². The van der Waals surface area contributed by atoms with Gasteiger partial charge in [-0.2, -0.15) is 0 Å². The van der Waals surface area contributed by atoms with E-state index in [1.165, 1.54) is 12.5 Å². The largest absolute Gasteiger partial charge is 0.366 e. The van der Waals surface area contributed by atoms with Crippen molar-refractivity contribution < 1.29 is 18.0 Å². The Kier molecular flexibility index (Phi) is 5.19. The number of aromatic nitrogens is 1. The van der Waals surface area contributed by atoms with Gasteiger partial charge in [0.25, 0.3) is 0 Å². The van der Waals surface area contributed by atoms with E-state index >= 15 is 0 Å². The number of nitrogens with two attached hydrogens (primary N) is 1. The Labute approximate surface area is 193 Å². The average Bonchev–Trinajstić information content (AvgIpc) is 3.55. The van der Waals surface area contributed by atoms with Crippen LogP contribution in [0, 0.1) is 0 Å². The van der Waals surface area contributed by atoms with Crippen LogP contribution in [0.15, 0.2) is 47.5 Å². The summed E-state index contributed by atoms with van der Waals surface area (Å²) in [6, 6.07) is 11.0. The summed E-state index contributed by atoms with van der Waals surface area (Å²) in [5.74, 6) is 0.345. The van der Waals surface area contributed by atoms with Gasteiger partial charge in [-0.1, -0.05) is 12.1 Å². The molecule has 5 rings (SSSR count). The fraction of sp³-hybridized carbons (Fsp3) is 0.458. The highest BCUT2D eigenvalue weighted by atomic mass is 32.2. The van der Waals surface area contributed by atoms with Crippen LogP contribution in [-0.2, 0) is 20.0 Å². The maximum atomic E-state index is 13.3. The molecule has 2 unspecified atom stereocenters. The number of primary amides is 1. The predicted octanol–water partition coefficient (Wildman–Crippen LogP) is 1.93. The summed E-state index contributed by atoms with van der Waals surface area (Å²) in [5.41, 5.74) is 5.87. The number of carbonyl (C=O) groups excluding carboxylic acids is 2. The van der Waals surface area contributed by atoms with Gasteiger partial charge in [0.15, 0.2) is 9.84 Å². The average molecular weight is 469 g/mol. The van der Waals surface area contributed by atoms with Gasteiger partial charge in [0.2, 0.25) is 11.8 Å². The Balaban J connectivity index is 1.28. The molecular formula is C24H28N4O4S. The molecule has 2 aromatic rings. The SMILES string of the molecule is CS(=O)(=O)c1cccc(C2(C(=O)NC3CC4CCC(C3)N4c3ccc(C(N)=O)cn3)CC2)c1. The molecule has 1 aliphatic carbocycles. The third-order valence-electron chi connectivity index (χ3n) is 7.36. The molecule has 0 spiro atoms. The van der Waals surface area contributed by atoms with Crippen LogP contribution in [-0.4, -0.2) is 49.6 Å². The lowest BCUT2D eigenvalue weighted by atomic mass is 9.92. The van der Waals surface area contributed by atoms with Crippen LogP contribution in [0.1, 0.15) is 54.4 Å². The minimum atomic E-state index is -3.33. The summed E-state index contributed by atoms with van der Waals surface area (Å²) in [7, 11) is -3.33. The van der Waals surface area contributed by atoms with E-state index < -0.39 is 21.2 Å². The van der Waals surface area contributed by atoms with E-state index in [0.29, 0.717) is 5.56 Å². The lowest BCUT2D eigenvalue weighted by Crippen LogP contribution is -2.52. The second-order valence-corrected chi connectivity index (χ2v) is 11.6. The molecule has 2 saturated heterocycles. The number of piperidine rings is 1. The number of nitrogens with one attached hydrogen (secondary N) is 1. The third-order valence-corrected chi connectivity index (χ3v) is 8.47. The number of amides is 2. The Hall–Kier alpha value is -2.94. The van der Waals surface area contributed by atoms with Crippen LogP contribution in [0.25, 0.3) is 0 Å². The molecule has 2 bridgehead atoms. The van der Waals surface area contributed by atoms with Crippen molar-refractivity contribution in [1.29, 1.82) is 0 Å². The molecule has 3 fully saturated rings. The zero-order chi connectivity index (χ0) is 23.4. The van der Waals surface area contributed by atoms with Gasteiger partial charge in [-0.15, -0.1) is 0 Å². The van der Waals surface area contributed by atoms with Crippen molar-refractivity contribution in [2.45, 2.75) is 67.0 Å².